The van der Waals surface area contributed by atoms with Crippen molar-refractivity contribution in [3.8, 4) is 11.5 Å². The summed E-state index contributed by atoms with van der Waals surface area (Å²) in [4.78, 5) is 0. The van der Waals surface area contributed by atoms with Crippen molar-refractivity contribution in [2.45, 2.75) is 44.9 Å². The molecule has 96 valence electrons. The molecule has 1 fully saturated rings. The van der Waals surface area contributed by atoms with E-state index in [2.05, 4.69) is 48.8 Å². The summed E-state index contributed by atoms with van der Waals surface area (Å²) < 4.78 is 0. The molecular weight excluding hydrogens is 236 g/mol. The minimum absolute atomic E-state index is 0.202. The predicted octanol–water partition coefficient (Wildman–Crippen LogP) is 2.70. The summed E-state index contributed by atoms with van der Waals surface area (Å²) in [5.41, 5.74) is 3.50. The Morgan fingerprint density at radius 3 is 2.44 bits per heavy atom. The molecule has 1 aromatic rings. The molecule has 0 aromatic heterocycles. The van der Waals surface area contributed by atoms with Crippen molar-refractivity contribution in [1.82, 2.24) is 0 Å². The Bertz CT molecular complexity index is 441. The molecule has 1 aromatic carbocycles. The topological polar surface area (TPSA) is 20.2 Å². The van der Waals surface area contributed by atoms with E-state index in [1.165, 1.54) is 11.6 Å². The highest BCUT2D eigenvalue weighted by atomic mass is 28.3. The third-order valence-corrected chi connectivity index (χ3v) is 6.34. The fourth-order valence-corrected chi connectivity index (χ4v) is 4.20. The maximum absolute atomic E-state index is 9.95. The SMILES string of the molecule is C[Si](C)(C#CC1CCCCC1O)c1ccccc1. The maximum atomic E-state index is 9.95. The van der Waals surface area contributed by atoms with Gasteiger partial charge in [0.15, 0.2) is 8.07 Å². The normalized spacial score (nSPS) is 24.2. The molecule has 0 bridgehead atoms. The van der Waals surface area contributed by atoms with Crippen molar-refractivity contribution >= 4 is 13.3 Å². The van der Waals surface area contributed by atoms with Gasteiger partial charge in [0, 0.05) is 5.92 Å². The third-order valence-electron chi connectivity index (χ3n) is 3.80. The van der Waals surface area contributed by atoms with Gasteiger partial charge in [-0.05, 0) is 18.0 Å². The van der Waals surface area contributed by atoms with Gasteiger partial charge < -0.3 is 5.11 Å². The standard InChI is InChI=1S/C16H22OSi/c1-18(2,15-9-4-3-5-10-15)13-12-14-8-6-7-11-16(14)17/h3-5,9-10,14,16-17H,6-8,11H2,1-2H3. The monoisotopic (exact) mass is 258 g/mol. The van der Waals surface area contributed by atoms with Crippen molar-refractivity contribution in [3.05, 3.63) is 30.3 Å². The van der Waals surface area contributed by atoms with Crippen molar-refractivity contribution < 1.29 is 5.11 Å². The van der Waals surface area contributed by atoms with Crippen LogP contribution in [-0.2, 0) is 0 Å². The van der Waals surface area contributed by atoms with Crippen LogP contribution in [0, 0.1) is 17.4 Å². The molecule has 1 aliphatic rings. The molecule has 1 N–H and O–H groups in total. The lowest BCUT2D eigenvalue weighted by molar-refractivity contribution is 0.0970. The minimum atomic E-state index is -1.67. The van der Waals surface area contributed by atoms with E-state index in [-0.39, 0.29) is 12.0 Å². The second-order valence-corrected chi connectivity index (χ2v) is 9.80. The Hall–Kier alpha value is -1.04. The molecular formula is C16H22OSi. The molecule has 0 aliphatic heterocycles. The quantitative estimate of drug-likeness (QED) is 0.606. The lowest BCUT2D eigenvalue weighted by Crippen LogP contribution is -2.40. The van der Waals surface area contributed by atoms with E-state index < -0.39 is 8.07 Å². The number of hydrogen-bond donors (Lipinski definition) is 1. The lowest BCUT2D eigenvalue weighted by atomic mass is 9.87. The molecule has 0 amide bonds. The second kappa shape index (κ2) is 5.73. The van der Waals surface area contributed by atoms with Crippen LogP contribution < -0.4 is 5.19 Å². The molecule has 2 heteroatoms. The van der Waals surface area contributed by atoms with Crippen LogP contribution in [0.2, 0.25) is 13.1 Å². The van der Waals surface area contributed by atoms with Crippen LogP contribution in [0.5, 0.6) is 0 Å². The van der Waals surface area contributed by atoms with Crippen LogP contribution in [-0.4, -0.2) is 19.3 Å². The van der Waals surface area contributed by atoms with Gasteiger partial charge in [-0.1, -0.05) is 56.3 Å². The molecule has 2 rings (SSSR count). The van der Waals surface area contributed by atoms with Gasteiger partial charge in [-0.3, -0.25) is 0 Å². The molecule has 1 aliphatic carbocycles. The summed E-state index contributed by atoms with van der Waals surface area (Å²) in [6.45, 7) is 4.56. The van der Waals surface area contributed by atoms with E-state index in [0.717, 1.165) is 19.3 Å². The van der Waals surface area contributed by atoms with E-state index >= 15 is 0 Å². The first-order valence-corrected chi connectivity index (χ1v) is 9.86. The molecule has 0 spiro atoms. The largest absolute Gasteiger partial charge is 0.392 e. The Kier molecular flexibility index (Phi) is 4.26. The number of hydrogen-bond acceptors (Lipinski definition) is 1. The molecule has 1 saturated carbocycles. The lowest BCUT2D eigenvalue weighted by Gasteiger charge is -2.24. The van der Waals surface area contributed by atoms with Gasteiger partial charge in [-0.25, -0.2) is 0 Å². The zero-order chi connectivity index (χ0) is 13.0. The number of aliphatic hydroxyl groups is 1. The summed E-state index contributed by atoms with van der Waals surface area (Å²) in [5.74, 6) is 3.57. The number of rotatable bonds is 1. The summed E-state index contributed by atoms with van der Waals surface area (Å²) in [6, 6.07) is 10.6. The summed E-state index contributed by atoms with van der Waals surface area (Å²) in [6.07, 6.45) is 4.15. The van der Waals surface area contributed by atoms with Gasteiger partial charge >= 0.3 is 0 Å². The number of aliphatic hydroxyl groups excluding tert-OH is 1. The van der Waals surface area contributed by atoms with Crippen molar-refractivity contribution in [3.63, 3.8) is 0 Å². The van der Waals surface area contributed by atoms with Crippen molar-refractivity contribution in [2.75, 3.05) is 0 Å². The van der Waals surface area contributed by atoms with Crippen molar-refractivity contribution in [1.29, 1.82) is 0 Å². The molecule has 0 radical (unpaired) electrons. The van der Waals surface area contributed by atoms with Gasteiger partial charge in [0.2, 0.25) is 0 Å². The highest BCUT2D eigenvalue weighted by molar-refractivity contribution is 6.96. The molecule has 18 heavy (non-hydrogen) atoms. The van der Waals surface area contributed by atoms with Crippen LogP contribution in [0.15, 0.2) is 30.3 Å². The Labute approximate surface area is 111 Å². The van der Waals surface area contributed by atoms with Gasteiger partial charge in [-0.2, -0.15) is 0 Å². The first kappa shape index (κ1) is 13.4. The maximum Gasteiger partial charge on any atom is 0.162 e. The molecule has 2 unspecified atom stereocenters. The average Bonchev–Trinajstić information content (AvgIpc) is 2.39. The van der Waals surface area contributed by atoms with E-state index in [4.69, 9.17) is 0 Å². The Morgan fingerprint density at radius 1 is 1.11 bits per heavy atom. The third kappa shape index (κ3) is 3.25. The summed E-state index contributed by atoms with van der Waals surface area (Å²) in [5, 5.41) is 11.3. The Morgan fingerprint density at radius 2 is 1.78 bits per heavy atom. The van der Waals surface area contributed by atoms with Gasteiger partial charge in [-0.15, -0.1) is 11.5 Å². The van der Waals surface area contributed by atoms with E-state index in [1.54, 1.807) is 0 Å². The zero-order valence-corrected chi connectivity index (χ0v) is 12.3. The van der Waals surface area contributed by atoms with Crippen LogP contribution >= 0.6 is 0 Å². The van der Waals surface area contributed by atoms with Crippen LogP contribution in [0.1, 0.15) is 25.7 Å². The van der Waals surface area contributed by atoms with E-state index in [1.807, 2.05) is 6.07 Å². The van der Waals surface area contributed by atoms with Crippen LogP contribution in [0.25, 0.3) is 0 Å². The second-order valence-electron chi connectivity index (χ2n) is 5.72. The van der Waals surface area contributed by atoms with E-state index in [0.29, 0.717) is 0 Å². The minimum Gasteiger partial charge on any atom is -0.392 e. The molecule has 0 heterocycles. The van der Waals surface area contributed by atoms with Crippen LogP contribution in [0.4, 0.5) is 0 Å². The van der Waals surface area contributed by atoms with Gasteiger partial charge in [0.25, 0.3) is 0 Å². The summed E-state index contributed by atoms with van der Waals surface area (Å²) in [7, 11) is -1.67. The predicted molar refractivity (Wildman–Crippen MR) is 79.3 cm³/mol. The van der Waals surface area contributed by atoms with Gasteiger partial charge in [0.1, 0.15) is 0 Å². The fraction of sp³-hybridized carbons (Fsp3) is 0.500. The van der Waals surface area contributed by atoms with E-state index in [9.17, 15) is 5.11 Å². The first-order valence-electron chi connectivity index (χ1n) is 6.86. The average molecular weight is 258 g/mol. The molecule has 2 atom stereocenters. The fourth-order valence-electron chi connectivity index (χ4n) is 2.48. The highest BCUT2D eigenvalue weighted by Crippen LogP contribution is 2.23. The first-order chi connectivity index (χ1) is 8.59. The Balaban J connectivity index is 2.13. The highest BCUT2D eigenvalue weighted by Gasteiger charge is 2.24. The van der Waals surface area contributed by atoms with Gasteiger partial charge in [0.05, 0.1) is 6.10 Å². The smallest absolute Gasteiger partial charge is 0.162 e. The number of benzene rings is 1. The summed E-state index contributed by atoms with van der Waals surface area (Å²) >= 11 is 0. The zero-order valence-electron chi connectivity index (χ0n) is 11.3. The van der Waals surface area contributed by atoms with Crippen LogP contribution in [0.3, 0.4) is 0 Å². The molecule has 1 nitrogen and oxygen atoms in total. The van der Waals surface area contributed by atoms with Crippen molar-refractivity contribution in [2.24, 2.45) is 5.92 Å². The molecule has 0 saturated heterocycles.